The molecule has 1 amide bonds. The van der Waals surface area contributed by atoms with Crippen LogP contribution in [0.2, 0.25) is 0 Å². The van der Waals surface area contributed by atoms with Crippen molar-refractivity contribution in [2.75, 3.05) is 13.1 Å². The van der Waals surface area contributed by atoms with E-state index < -0.39 is 17.2 Å². The summed E-state index contributed by atoms with van der Waals surface area (Å²) in [5.74, 6) is -0.759. The van der Waals surface area contributed by atoms with Crippen molar-refractivity contribution in [3.63, 3.8) is 0 Å². The first-order chi connectivity index (χ1) is 18.1. The molecule has 6 rings (SSSR count). The van der Waals surface area contributed by atoms with Crippen LogP contribution in [-0.4, -0.2) is 45.1 Å². The Bertz CT molecular complexity index is 1520. The zero-order chi connectivity index (χ0) is 26.8. The standard InChI is InChI=1S/C27H25F2N5O3S/c1-13-24(38-25(31-13)20-6-7-36-33-20)26(35)34-11-17-18(12-34)23(17)37-22-9-14(27(2,3)30)8-21(32-22)16-5-4-15(28)10-19(16)29/h4-10,17-18,23H,11-12,30H2,1-3H3/t17-,18+,23-. The molecule has 196 valence electrons. The third-order valence-electron chi connectivity index (χ3n) is 7.06. The van der Waals surface area contributed by atoms with Gasteiger partial charge in [0, 0.05) is 54.2 Å². The zero-order valence-electron chi connectivity index (χ0n) is 20.9. The molecule has 1 saturated heterocycles. The quantitative estimate of drug-likeness (QED) is 0.377. The number of carbonyl (C=O) groups is 1. The molecule has 0 bridgehead atoms. The summed E-state index contributed by atoms with van der Waals surface area (Å²) in [7, 11) is 0. The van der Waals surface area contributed by atoms with Gasteiger partial charge in [0.2, 0.25) is 5.88 Å². The highest BCUT2D eigenvalue weighted by atomic mass is 32.1. The van der Waals surface area contributed by atoms with E-state index in [2.05, 4.69) is 15.1 Å². The number of aromatic nitrogens is 3. The Labute approximate surface area is 221 Å². The molecule has 8 nitrogen and oxygen atoms in total. The topological polar surface area (TPSA) is 107 Å². The van der Waals surface area contributed by atoms with E-state index in [-0.39, 0.29) is 29.4 Å². The largest absolute Gasteiger partial charge is 0.474 e. The summed E-state index contributed by atoms with van der Waals surface area (Å²) < 4.78 is 39.1. The molecule has 1 aliphatic carbocycles. The fourth-order valence-electron chi connectivity index (χ4n) is 4.90. The number of ether oxygens (including phenoxy) is 1. The van der Waals surface area contributed by atoms with E-state index in [9.17, 15) is 13.6 Å². The Balaban J connectivity index is 1.17. The van der Waals surface area contributed by atoms with Crippen LogP contribution in [-0.2, 0) is 5.54 Å². The first-order valence-electron chi connectivity index (χ1n) is 12.2. The van der Waals surface area contributed by atoms with E-state index in [0.29, 0.717) is 51.5 Å². The van der Waals surface area contributed by atoms with E-state index in [1.165, 1.54) is 29.7 Å². The van der Waals surface area contributed by atoms with Gasteiger partial charge in [0.25, 0.3) is 5.91 Å². The van der Waals surface area contributed by atoms with Crippen molar-refractivity contribution in [2.24, 2.45) is 17.6 Å². The van der Waals surface area contributed by atoms with E-state index in [1.807, 2.05) is 25.7 Å². The van der Waals surface area contributed by atoms with E-state index >= 15 is 0 Å². The van der Waals surface area contributed by atoms with Crippen LogP contribution in [0.15, 0.2) is 47.2 Å². The summed E-state index contributed by atoms with van der Waals surface area (Å²) in [6.07, 6.45) is 1.36. The second-order valence-corrected chi connectivity index (χ2v) is 11.4. The van der Waals surface area contributed by atoms with E-state index in [1.54, 1.807) is 18.2 Å². The number of nitrogens with two attached hydrogens (primary N) is 1. The minimum Gasteiger partial charge on any atom is -0.474 e. The molecule has 2 aliphatic rings. The van der Waals surface area contributed by atoms with Gasteiger partial charge >= 0.3 is 0 Å². The summed E-state index contributed by atoms with van der Waals surface area (Å²) in [6, 6.07) is 8.54. The minimum atomic E-state index is -0.730. The van der Waals surface area contributed by atoms with Crippen molar-refractivity contribution >= 4 is 17.2 Å². The molecule has 3 aromatic heterocycles. The molecule has 2 N–H and O–H groups in total. The summed E-state index contributed by atoms with van der Waals surface area (Å²) >= 11 is 1.31. The van der Waals surface area contributed by atoms with Crippen molar-refractivity contribution in [1.29, 1.82) is 0 Å². The van der Waals surface area contributed by atoms with Crippen LogP contribution in [0, 0.1) is 30.4 Å². The Morgan fingerprint density at radius 3 is 2.55 bits per heavy atom. The van der Waals surface area contributed by atoms with Gasteiger partial charge in [0.05, 0.1) is 11.4 Å². The van der Waals surface area contributed by atoms with Crippen molar-refractivity contribution in [3.05, 3.63) is 70.4 Å². The van der Waals surface area contributed by atoms with Gasteiger partial charge in [-0.3, -0.25) is 4.79 Å². The molecular weight excluding hydrogens is 512 g/mol. The van der Waals surface area contributed by atoms with Gasteiger partial charge in [0.1, 0.15) is 39.6 Å². The predicted molar refractivity (Wildman–Crippen MR) is 136 cm³/mol. The zero-order valence-corrected chi connectivity index (χ0v) is 21.8. The first-order valence-corrected chi connectivity index (χ1v) is 13.0. The number of halogens is 2. The maximum Gasteiger partial charge on any atom is 0.265 e. The van der Waals surface area contributed by atoms with Crippen molar-refractivity contribution in [2.45, 2.75) is 32.4 Å². The van der Waals surface area contributed by atoms with Gasteiger partial charge in [-0.15, -0.1) is 11.3 Å². The molecule has 0 unspecified atom stereocenters. The molecule has 3 atom stereocenters. The average molecular weight is 538 g/mol. The molecule has 0 spiro atoms. The van der Waals surface area contributed by atoms with Crippen molar-refractivity contribution in [1.82, 2.24) is 20.0 Å². The molecule has 38 heavy (non-hydrogen) atoms. The molecule has 11 heteroatoms. The highest BCUT2D eigenvalue weighted by molar-refractivity contribution is 7.17. The van der Waals surface area contributed by atoms with Gasteiger partial charge in [-0.25, -0.2) is 18.7 Å². The number of benzene rings is 1. The molecule has 4 heterocycles. The Morgan fingerprint density at radius 2 is 1.89 bits per heavy atom. The number of hydrogen-bond acceptors (Lipinski definition) is 8. The van der Waals surface area contributed by atoms with Gasteiger partial charge < -0.3 is 19.9 Å². The third-order valence-corrected chi connectivity index (χ3v) is 8.23. The first kappa shape index (κ1) is 24.6. The lowest BCUT2D eigenvalue weighted by molar-refractivity contribution is 0.0755. The number of carbonyl (C=O) groups excluding carboxylic acids is 1. The summed E-state index contributed by atoms with van der Waals surface area (Å²) in [4.78, 5) is 24.6. The molecular formula is C27H25F2N5O3S. The number of rotatable bonds is 6. The monoisotopic (exact) mass is 537 g/mol. The molecule has 1 aromatic carbocycles. The normalized spacial score (nSPS) is 20.5. The number of amides is 1. The SMILES string of the molecule is Cc1nc(-c2ccon2)sc1C(=O)N1C[C@@H]2[C@H](C1)[C@@H]2Oc1cc(C(C)(C)N)cc(-c2ccc(F)cc2F)n1. The molecule has 1 saturated carbocycles. The highest BCUT2D eigenvalue weighted by Crippen LogP contribution is 2.48. The number of hydrogen-bond donors (Lipinski definition) is 1. The van der Waals surface area contributed by atoms with Gasteiger partial charge in [-0.05, 0) is 44.5 Å². The number of nitrogens with zero attached hydrogens (tertiary/aromatic N) is 4. The average Bonchev–Trinajstić information content (AvgIpc) is 3.36. The fraction of sp³-hybridized carbons (Fsp3) is 0.333. The van der Waals surface area contributed by atoms with Crippen LogP contribution >= 0.6 is 11.3 Å². The Hall–Kier alpha value is -3.70. The molecule has 1 aliphatic heterocycles. The van der Waals surface area contributed by atoms with E-state index in [4.69, 9.17) is 15.0 Å². The lowest BCUT2D eigenvalue weighted by atomic mass is 9.94. The van der Waals surface area contributed by atoms with Crippen molar-refractivity contribution in [3.8, 4) is 27.8 Å². The van der Waals surface area contributed by atoms with Crippen LogP contribution in [0.3, 0.4) is 0 Å². The van der Waals surface area contributed by atoms with E-state index in [0.717, 1.165) is 6.07 Å². The highest BCUT2D eigenvalue weighted by Gasteiger charge is 2.59. The lowest BCUT2D eigenvalue weighted by Crippen LogP contribution is -2.33. The van der Waals surface area contributed by atoms with Crippen LogP contribution in [0.25, 0.3) is 22.0 Å². The number of pyridine rings is 1. The second-order valence-electron chi connectivity index (χ2n) is 10.4. The van der Waals surface area contributed by atoms with Gasteiger partial charge in [-0.1, -0.05) is 5.16 Å². The summed E-state index contributed by atoms with van der Waals surface area (Å²) in [6.45, 7) is 6.61. The third kappa shape index (κ3) is 4.45. The lowest BCUT2D eigenvalue weighted by Gasteiger charge is -2.22. The Kier molecular flexibility index (Phi) is 5.80. The number of fused-ring (bicyclic) bond motifs is 1. The molecule has 2 fully saturated rings. The minimum absolute atomic E-state index is 0.0558. The maximum atomic E-state index is 14.5. The second kappa shape index (κ2) is 8.95. The number of piperidine rings is 1. The summed E-state index contributed by atoms with van der Waals surface area (Å²) in [5.41, 5.74) is 8.07. The predicted octanol–water partition coefficient (Wildman–Crippen LogP) is 4.79. The van der Waals surface area contributed by atoms with Crippen LogP contribution in [0.4, 0.5) is 8.78 Å². The number of aryl methyl sites for hydroxylation is 1. The molecule has 0 radical (unpaired) electrons. The Morgan fingerprint density at radius 1 is 1.13 bits per heavy atom. The smallest absolute Gasteiger partial charge is 0.265 e. The van der Waals surface area contributed by atoms with Gasteiger partial charge in [0.15, 0.2) is 0 Å². The van der Waals surface area contributed by atoms with Gasteiger partial charge in [-0.2, -0.15) is 0 Å². The molecule has 4 aromatic rings. The van der Waals surface area contributed by atoms with Crippen molar-refractivity contribution < 1.29 is 22.8 Å². The van der Waals surface area contributed by atoms with Crippen LogP contribution in [0.5, 0.6) is 5.88 Å². The number of thiazole rings is 1. The van der Waals surface area contributed by atoms with Crippen LogP contribution in [0.1, 0.15) is 34.8 Å². The van der Waals surface area contributed by atoms with Crippen LogP contribution < -0.4 is 10.5 Å². The fourth-order valence-corrected chi connectivity index (χ4v) is 5.89. The number of likely N-dealkylation sites (tertiary alicyclic amines) is 1. The maximum absolute atomic E-state index is 14.5. The summed E-state index contributed by atoms with van der Waals surface area (Å²) in [5, 5.41) is 4.55.